The van der Waals surface area contributed by atoms with Crippen molar-refractivity contribution in [3.63, 3.8) is 0 Å². The van der Waals surface area contributed by atoms with Crippen LogP contribution in [0, 0.1) is 24.2 Å². The number of carbonyl (C=O) groups excluding carboxylic acids is 1. The van der Waals surface area contributed by atoms with Crippen LogP contribution < -0.4 is 0 Å². The van der Waals surface area contributed by atoms with E-state index in [1.807, 2.05) is 0 Å². The van der Waals surface area contributed by atoms with Gasteiger partial charge >= 0.3 is 5.97 Å². The molecule has 0 rings (SSSR count). The first-order valence-corrected chi connectivity index (χ1v) is 2.76. The monoisotopic (exact) mass is 125 g/mol. The normalized spacial score (nSPS) is 12.7. The lowest BCUT2D eigenvalue weighted by atomic mass is 9.97. The molecule has 0 bridgehead atoms. The largest absolute Gasteiger partial charge is 0.370 e. The fraction of sp³-hybridized carbons (Fsp3) is 0.571. The van der Waals surface area contributed by atoms with Gasteiger partial charge in [0.2, 0.25) is 0 Å². The second kappa shape index (κ2) is 3.13. The Morgan fingerprint density at radius 3 is 2.00 bits per heavy atom. The van der Waals surface area contributed by atoms with Crippen LogP contribution in [0.2, 0.25) is 0 Å². The molecular weight excluding hydrogens is 116 g/mol. The Balaban J connectivity index is 4.04. The minimum absolute atomic E-state index is 0.0417. The van der Waals surface area contributed by atoms with Crippen LogP contribution in [0.4, 0.5) is 0 Å². The van der Waals surface area contributed by atoms with Crippen molar-refractivity contribution in [3.8, 4) is 12.3 Å². The molecule has 1 unspecified atom stereocenters. The highest BCUT2D eigenvalue weighted by atomic mass is 16.4. The summed E-state index contributed by atoms with van der Waals surface area (Å²) in [4.78, 5) is 10.1. The summed E-state index contributed by atoms with van der Waals surface area (Å²) in [5, 5.41) is 10.1. The minimum atomic E-state index is -1.16. The molecule has 0 aliphatic heterocycles. The molecular formula is C7H9O2. The molecule has 0 saturated heterocycles. The summed E-state index contributed by atoms with van der Waals surface area (Å²) in [6, 6.07) is 0. The standard InChI is InChI=1S/C7H9O2/c1-4-6(5(2)3)7(8)9/h1,5-6H,2-3H3. The maximum Gasteiger partial charge on any atom is 0.370 e. The number of rotatable bonds is 2. The lowest BCUT2D eigenvalue weighted by Gasteiger charge is -2.05. The van der Waals surface area contributed by atoms with E-state index in [4.69, 9.17) is 6.42 Å². The van der Waals surface area contributed by atoms with E-state index >= 15 is 0 Å². The van der Waals surface area contributed by atoms with Gasteiger partial charge in [-0.25, -0.2) is 9.90 Å². The van der Waals surface area contributed by atoms with Crippen LogP contribution in [-0.2, 0) is 9.90 Å². The van der Waals surface area contributed by atoms with Gasteiger partial charge in [-0.2, -0.15) is 0 Å². The van der Waals surface area contributed by atoms with Crippen molar-refractivity contribution in [2.75, 3.05) is 0 Å². The van der Waals surface area contributed by atoms with Gasteiger partial charge < -0.3 is 0 Å². The topological polar surface area (TPSA) is 37.0 Å². The van der Waals surface area contributed by atoms with Crippen LogP contribution in [0.3, 0.4) is 0 Å². The highest BCUT2D eigenvalue weighted by Crippen LogP contribution is 2.08. The van der Waals surface area contributed by atoms with E-state index in [-0.39, 0.29) is 5.92 Å². The van der Waals surface area contributed by atoms with Crippen LogP contribution in [0.1, 0.15) is 13.8 Å². The Labute approximate surface area is 54.9 Å². The van der Waals surface area contributed by atoms with Crippen LogP contribution >= 0.6 is 0 Å². The van der Waals surface area contributed by atoms with Crippen molar-refractivity contribution in [2.24, 2.45) is 11.8 Å². The summed E-state index contributed by atoms with van der Waals surface area (Å²) >= 11 is 0. The van der Waals surface area contributed by atoms with E-state index in [1.54, 1.807) is 13.8 Å². The lowest BCUT2D eigenvalue weighted by Crippen LogP contribution is -2.15. The fourth-order valence-corrected chi connectivity index (χ4v) is 0.533. The van der Waals surface area contributed by atoms with Crippen molar-refractivity contribution < 1.29 is 9.90 Å². The predicted octanol–water partition coefficient (Wildman–Crippen LogP) is 0.849. The van der Waals surface area contributed by atoms with Gasteiger partial charge in [-0.3, -0.25) is 0 Å². The quantitative estimate of drug-likeness (QED) is 0.504. The van der Waals surface area contributed by atoms with Gasteiger partial charge in [-0.1, -0.05) is 19.8 Å². The Kier molecular flexibility index (Phi) is 2.80. The highest BCUT2D eigenvalue weighted by Gasteiger charge is 2.19. The predicted molar refractivity (Wildman–Crippen MR) is 32.9 cm³/mol. The molecule has 2 nitrogen and oxygen atoms in total. The number of hydrogen-bond acceptors (Lipinski definition) is 1. The zero-order valence-electron chi connectivity index (χ0n) is 5.55. The van der Waals surface area contributed by atoms with Crippen LogP contribution in [0.25, 0.3) is 0 Å². The van der Waals surface area contributed by atoms with Crippen LogP contribution in [0.5, 0.6) is 0 Å². The molecule has 1 radical (unpaired) electrons. The van der Waals surface area contributed by atoms with Gasteiger partial charge in [0.25, 0.3) is 0 Å². The number of terminal acetylenes is 1. The SMILES string of the molecule is C#CC(C([O])=O)C(C)C. The number of hydrogen-bond donors (Lipinski definition) is 0. The Bertz CT molecular complexity index is 141. The maximum atomic E-state index is 10.1. The van der Waals surface area contributed by atoms with Crippen molar-refractivity contribution in [3.05, 3.63) is 0 Å². The van der Waals surface area contributed by atoms with E-state index < -0.39 is 11.9 Å². The van der Waals surface area contributed by atoms with Crippen molar-refractivity contribution in [1.82, 2.24) is 0 Å². The molecule has 0 spiro atoms. The van der Waals surface area contributed by atoms with Crippen molar-refractivity contribution in [2.45, 2.75) is 13.8 Å². The van der Waals surface area contributed by atoms with Crippen LogP contribution in [-0.4, -0.2) is 5.97 Å². The molecule has 0 aliphatic rings. The summed E-state index contributed by atoms with van der Waals surface area (Å²) in [5.74, 6) is 0.192. The molecule has 9 heavy (non-hydrogen) atoms. The molecule has 0 saturated carbocycles. The van der Waals surface area contributed by atoms with Crippen molar-refractivity contribution in [1.29, 1.82) is 0 Å². The third-order valence-electron chi connectivity index (χ3n) is 1.10. The molecule has 0 heterocycles. The second-order valence-electron chi connectivity index (χ2n) is 2.21. The Morgan fingerprint density at radius 1 is 1.56 bits per heavy atom. The van der Waals surface area contributed by atoms with E-state index in [0.29, 0.717) is 0 Å². The summed E-state index contributed by atoms with van der Waals surface area (Å²) in [6.45, 7) is 3.50. The second-order valence-corrected chi connectivity index (χ2v) is 2.21. The van der Waals surface area contributed by atoms with E-state index in [2.05, 4.69) is 5.92 Å². The average molecular weight is 125 g/mol. The van der Waals surface area contributed by atoms with E-state index in [1.165, 1.54) is 0 Å². The first-order chi connectivity index (χ1) is 4.09. The zero-order valence-corrected chi connectivity index (χ0v) is 5.55. The highest BCUT2D eigenvalue weighted by molar-refractivity contribution is 5.73. The maximum absolute atomic E-state index is 10.1. The van der Waals surface area contributed by atoms with Gasteiger partial charge in [-0.05, 0) is 5.92 Å². The molecule has 0 N–H and O–H groups in total. The third-order valence-corrected chi connectivity index (χ3v) is 1.10. The summed E-state index contributed by atoms with van der Waals surface area (Å²) in [5.41, 5.74) is 0. The van der Waals surface area contributed by atoms with Gasteiger partial charge in [0.15, 0.2) is 0 Å². The van der Waals surface area contributed by atoms with E-state index in [0.717, 1.165) is 0 Å². The van der Waals surface area contributed by atoms with Gasteiger partial charge in [0.05, 0.1) is 0 Å². The minimum Gasteiger partial charge on any atom is -0.246 e. The van der Waals surface area contributed by atoms with Crippen LogP contribution in [0.15, 0.2) is 0 Å². The summed E-state index contributed by atoms with van der Waals surface area (Å²) < 4.78 is 0. The molecule has 0 amide bonds. The Hall–Kier alpha value is -0.970. The molecule has 0 aliphatic carbocycles. The third kappa shape index (κ3) is 2.18. The molecule has 0 aromatic rings. The molecule has 0 aromatic carbocycles. The molecule has 0 aromatic heterocycles. The fourth-order valence-electron chi connectivity index (χ4n) is 0.533. The first-order valence-electron chi connectivity index (χ1n) is 2.76. The molecule has 0 fully saturated rings. The molecule has 1 atom stereocenters. The summed E-state index contributed by atoms with van der Waals surface area (Å²) in [6.07, 6.45) is 4.90. The number of carbonyl (C=O) groups is 1. The Morgan fingerprint density at radius 2 is 2.00 bits per heavy atom. The van der Waals surface area contributed by atoms with E-state index in [9.17, 15) is 9.90 Å². The van der Waals surface area contributed by atoms with Crippen molar-refractivity contribution >= 4 is 5.97 Å². The molecule has 49 valence electrons. The zero-order chi connectivity index (χ0) is 7.44. The first kappa shape index (κ1) is 8.03. The van der Waals surface area contributed by atoms with Gasteiger partial charge in [-0.15, -0.1) is 6.42 Å². The van der Waals surface area contributed by atoms with Gasteiger partial charge in [0, 0.05) is 0 Å². The smallest absolute Gasteiger partial charge is 0.246 e. The average Bonchev–Trinajstić information content (AvgIpc) is 1.64. The molecule has 2 heteroatoms. The lowest BCUT2D eigenvalue weighted by molar-refractivity contribution is -0.147. The van der Waals surface area contributed by atoms with Gasteiger partial charge in [0.1, 0.15) is 5.92 Å². The summed E-state index contributed by atoms with van der Waals surface area (Å²) in [7, 11) is 0.